The third-order valence-corrected chi connectivity index (χ3v) is 6.21. The summed E-state index contributed by atoms with van der Waals surface area (Å²) in [5.74, 6) is 0.198. The van der Waals surface area contributed by atoms with Gasteiger partial charge in [-0.15, -0.1) is 10.2 Å². The summed E-state index contributed by atoms with van der Waals surface area (Å²) in [5.41, 5.74) is 1.90. The highest BCUT2D eigenvalue weighted by Gasteiger charge is 2.24. The second-order valence-electron chi connectivity index (χ2n) is 7.73. The van der Waals surface area contributed by atoms with Gasteiger partial charge in [-0.25, -0.2) is 4.39 Å². The number of rotatable bonds is 9. The highest BCUT2D eigenvalue weighted by atomic mass is 32.2. The number of carbonyl (C=O) groups excluding carboxylic acids is 1. The van der Waals surface area contributed by atoms with Crippen molar-refractivity contribution in [2.24, 2.45) is 0 Å². The minimum absolute atomic E-state index is 0.0133. The second kappa shape index (κ2) is 11.0. The topological polar surface area (TPSA) is 60.3 Å². The summed E-state index contributed by atoms with van der Waals surface area (Å²) in [7, 11) is 1.79. The van der Waals surface area contributed by atoms with Crippen molar-refractivity contribution in [3.05, 3.63) is 102 Å². The molecule has 34 heavy (non-hydrogen) atoms. The van der Waals surface area contributed by atoms with E-state index in [1.165, 1.54) is 17.8 Å². The van der Waals surface area contributed by atoms with E-state index in [4.69, 9.17) is 4.74 Å². The van der Waals surface area contributed by atoms with Gasteiger partial charge < -0.3 is 9.64 Å². The van der Waals surface area contributed by atoms with Crippen molar-refractivity contribution in [2.45, 2.75) is 30.5 Å². The molecule has 1 atom stereocenters. The molecule has 0 aliphatic heterocycles. The zero-order valence-electron chi connectivity index (χ0n) is 19.0. The van der Waals surface area contributed by atoms with Gasteiger partial charge in [0.2, 0.25) is 5.91 Å². The molecule has 8 heteroatoms. The average Bonchev–Trinajstić information content (AvgIpc) is 3.26. The number of thioether (sulfide) groups is 1. The Morgan fingerprint density at radius 3 is 2.35 bits per heavy atom. The fourth-order valence-electron chi connectivity index (χ4n) is 3.46. The van der Waals surface area contributed by atoms with Crippen LogP contribution in [0.2, 0.25) is 0 Å². The second-order valence-corrected chi connectivity index (χ2v) is 9.04. The summed E-state index contributed by atoms with van der Waals surface area (Å²) >= 11 is 1.33. The zero-order chi connectivity index (χ0) is 23.9. The number of hydrogen-bond donors (Lipinski definition) is 0. The van der Waals surface area contributed by atoms with Gasteiger partial charge in [0.05, 0.1) is 5.25 Å². The molecule has 0 radical (unpaired) electrons. The minimum atomic E-state index is -0.441. The summed E-state index contributed by atoms with van der Waals surface area (Å²) in [6.45, 7) is 2.41. The monoisotopic (exact) mass is 476 g/mol. The number of ether oxygens (including phenoxy) is 1. The van der Waals surface area contributed by atoms with Gasteiger partial charge in [-0.2, -0.15) is 0 Å². The first kappa shape index (κ1) is 23.5. The van der Waals surface area contributed by atoms with Crippen LogP contribution >= 0.6 is 11.8 Å². The van der Waals surface area contributed by atoms with Crippen LogP contribution in [-0.4, -0.2) is 37.9 Å². The first-order valence-electron chi connectivity index (χ1n) is 10.9. The van der Waals surface area contributed by atoms with Crippen molar-refractivity contribution in [2.75, 3.05) is 7.05 Å². The van der Waals surface area contributed by atoms with E-state index in [0.717, 1.165) is 11.3 Å². The number of amides is 1. The quantitative estimate of drug-likeness (QED) is 0.314. The molecule has 174 valence electrons. The third kappa shape index (κ3) is 5.63. The summed E-state index contributed by atoms with van der Waals surface area (Å²) in [6.07, 6.45) is 0. The summed E-state index contributed by atoms with van der Waals surface area (Å²) in [4.78, 5) is 14.7. The molecule has 6 nitrogen and oxygen atoms in total. The van der Waals surface area contributed by atoms with Gasteiger partial charge in [0.15, 0.2) is 22.5 Å². The van der Waals surface area contributed by atoms with Crippen molar-refractivity contribution in [3.63, 3.8) is 0 Å². The van der Waals surface area contributed by atoms with E-state index in [1.54, 1.807) is 30.1 Å². The van der Waals surface area contributed by atoms with Crippen LogP contribution in [0.1, 0.15) is 18.3 Å². The Kier molecular flexibility index (Phi) is 7.59. The van der Waals surface area contributed by atoms with E-state index in [-0.39, 0.29) is 23.5 Å². The number of para-hydroxylation sites is 2. The van der Waals surface area contributed by atoms with Gasteiger partial charge in [-0.05, 0) is 36.8 Å². The van der Waals surface area contributed by atoms with Crippen LogP contribution in [0.15, 0.2) is 90.1 Å². The molecule has 1 aromatic heterocycles. The fourth-order valence-corrected chi connectivity index (χ4v) is 4.47. The lowest BCUT2D eigenvalue weighted by Gasteiger charge is -2.21. The van der Waals surface area contributed by atoms with Gasteiger partial charge in [-0.3, -0.25) is 9.36 Å². The fraction of sp³-hybridized carbons (Fsp3) is 0.192. The summed E-state index contributed by atoms with van der Waals surface area (Å²) in [6, 6.07) is 25.7. The molecule has 0 aliphatic rings. The van der Waals surface area contributed by atoms with Crippen LogP contribution in [0.4, 0.5) is 4.39 Å². The van der Waals surface area contributed by atoms with Crippen molar-refractivity contribution < 1.29 is 13.9 Å². The zero-order valence-corrected chi connectivity index (χ0v) is 19.8. The van der Waals surface area contributed by atoms with Crippen LogP contribution in [0.25, 0.3) is 5.69 Å². The van der Waals surface area contributed by atoms with Crippen LogP contribution in [0.5, 0.6) is 5.75 Å². The van der Waals surface area contributed by atoms with Gasteiger partial charge in [-0.1, -0.05) is 72.4 Å². The Bertz CT molecular complexity index is 1230. The maximum atomic E-state index is 14.0. The van der Waals surface area contributed by atoms with Crippen LogP contribution in [0.3, 0.4) is 0 Å². The SMILES string of the molecule is C[C@@H](Sc1nnc(COc2ccccc2F)n1-c1ccccc1)C(=O)N(C)Cc1ccccc1. The van der Waals surface area contributed by atoms with E-state index in [1.807, 2.05) is 72.2 Å². The first-order valence-corrected chi connectivity index (χ1v) is 11.7. The average molecular weight is 477 g/mol. The van der Waals surface area contributed by atoms with Crippen LogP contribution in [0, 0.1) is 5.82 Å². The van der Waals surface area contributed by atoms with E-state index >= 15 is 0 Å². The Balaban J connectivity index is 1.53. The lowest BCUT2D eigenvalue weighted by atomic mass is 10.2. The Morgan fingerprint density at radius 2 is 1.65 bits per heavy atom. The normalized spacial score (nSPS) is 11.7. The first-order chi connectivity index (χ1) is 16.5. The molecule has 0 saturated heterocycles. The molecular weight excluding hydrogens is 451 g/mol. The Morgan fingerprint density at radius 1 is 1.00 bits per heavy atom. The number of nitrogens with zero attached hydrogens (tertiary/aromatic N) is 4. The van der Waals surface area contributed by atoms with E-state index in [9.17, 15) is 9.18 Å². The molecule has 0 unspecified atom stereocenters. The number of benzene rings is 3. The van der Waals surface area contributed by atoms with Gasteiger partial charge in [0, 0.05) is 19.3 Å². The molecule has 0 spiro atoms. The molecule has 4 rings (SSSR count). The molecular formula is C26H25FN4O2S. The molecule has 0 aliphatic carbocycles. The highest BCUT2D eigenvalue weighted by Crippen LogP contribution is 2.27. The lowest BCUT2D eigenvalue weighted by molar-refractivity contribution is -0.129. The number of halogens is 1. The highest BCUT2D eigenvalue weighted by molar-refractivity contribution is 8.00. The van der Waals surface area contributed by atoms with E-state index in [2.05, 4.69) is 10.2 Å². The van der Waals surface area contributed by atoms with Crippen molar-refractivity contribution in [1.82, 2.24) is 19.7 Å². The number of aromatic nitrogens is 3. The standard InChI is InChI=1S/C26H25FN4O2S/c1-19(25(32)30(2)17-20-11-5-3-6-12-20)34-26-29-28-24(31(26)21-13-7-4-8-14-21)18-33-23-16-10-9-15-22(23)27/h3-16,19H,17-18H2,1-2H3/t19-/m1/s1. The van der Waals surface area contributed by atoms with E-state index < -0.39 is 5.82 Å². The number of carbonyl (C=O) groups is 1. The predicted molar refractivity (Wildman–Crippen MR) is 130 cm³/mol. The molecule has 0 N–H and O–H groups in total. The maximum Gasteiger partial charge on any atom is 0.235 e. The largest absolute Gasteiger partial charge is 0.483 e. The molecule has 0 bridgehead atoms. The van der Waals surface area contributed by atoms with Crippen molar-refractivity contribution >= 4 is 17.7 Å². The van der Waals surface area contributed by atoms with Gasteiger partial charge in [0.1, 0.15) is 6.61 Å². The summed E-state index contributed by atoms with van der Waals surface area (Å²) < 4.78 is 21.5. The van der Waals surface area contributed by atoms with Crippen molar-refractivity contribution in [3.8, 4) is 11.4 Å². The van der Waals surface area contributed by atoms with Crippen LogP contribution < -0.4 is 4.74 Å². The molecule has 0 fully saturated rings. The van der Waals surface area contributed by atoms with Gasteiger partial charge in [0.25, 0.3) is 0 Å². The van der Waals surface area contributed by atoms with Crippen molar-refractivity contribution in [1.29, 1.82) is 0 Å². The summed E-state index contributed by atoms with van der Waals surface area (Å²) in [5, 5.41) is 8.78. The maximum absolute atomic E-state index is 14.0. The molecule has 1 amide bonds. The Labute approximate surface area is 202 Å². The van der Waals surface area contributed by atoms with Gasteiger partial charge >= 0.3 is 0 Å². The van der Waals surface area contributed by atoms with E-state index in [0.29, 0.717) is 17.5 Å². The molecule has 3 aromatic carbocycles. The predicted octanol–water partition coefficient (Wildman–Crippen LogP) is 5.12. The Hall–Kier alpha value is -3.65. The third-order valence-electron chi connectivity index (χ3n) is 5.18. The van der Waals surface area contributed by atoms with Crippen LogP contribution in [-0.2, 0) is 17.9 Å². The molecule has 1 heterocycles. The smallest absolute Gasteiger partial charge is 0.235 e. The number of hydrogen-bond acceptors (Lipinski definition) is 5. The molecule has 0 saturated carbocycles. The lowest BCUT2D eigenvalue weighted by Crippen LogP contribution is -2.33. The minimum Gasteiger partial charge on any atom is -0.483 e. The molecule has 4 aromatic rings.